The van der Waals surface area contributed by atoms with Crippen LogP contribution in [0.5, 0.6) is 0 Å². The fourth-order valence-corrected chi connectivity index (χ4v) is 1.34. The third-order valence-corrected chi connectivity index (χ3v) is 2.19. The second kappa shape index (κ2) is 4.91. The van der Waals surface area contributed by atoms with E-state index in [2.05, 4.69) is 0 Å². The van der Waals surface area contributed by atoms with Gasteiger partial charge in [-0.1, -0.05) is 6.07 Å². The number of aliphatic hydroxyl groups is 2. The number of carboxylic acid groups (broad SMARTS) is 1. The molecule has 1 aromatic carbocycles. The van der Waals surface area contributed by atoms with Gasteiger partial charge in [0.25, 0.3) is 0 Å². The zero-order valence-corrected chi connectivity index (χ0v) is 8.65. The quantitative estimate of drug-likeness (QED) is 0.722. The molecule has 2 atom stereocenters. The lowest BCUT2D eigenvalue weighted by molar-refractivity contribution is -0.155. The Hall–Kier alpha value is -1.67. The summed E-state index contributed by atoms with van der Waals surface area (Å²) in [6.07, 6.45) is -9.72. The molecule has 0 aromatic heterocycles. The van der Waals surface area contributed by atoms with Crippen LogP contribution in [0.15, 0.2) is 18.2 Å². The Bertz CT molecular complexity index is 458. The van der Waals surface area contributed by atoms with Gasteiger partial charge in [-0.05, 0) is 17.7 Å². The molecule has 0 aliphatic heterocycles. The number of halogens is 4. The molecule has 0 saturated heterocycles. The van der Waals surface area contributed by atoms with E-state index in [1.165, 1.54) is 0 Å². The van der Waals surface area contributed by atoms with Gasteiger partial charge < -0.3 is 15.3 Å². The van der Waals surface area contributed by atoms with Crippen molar-refractivity contribution in [2.75, 3.05) is 0 Å². The molecule has 2 unspecified atom stereocenters. The molecule has 0 radical (unpaired) electrons. The minimum Gasteiger partial charge on any atom is -0.479 e. The molecular formula is C10H8F4O4. The molecule has 0 heterocycles. The van der Waals surface area contributed by atoms with E-state index in [0.717, 1.165) is 0 Å². The lowest BCUT2D eigenvalue weighted by atomic mass is 9.98. The maximum Gasteiger partial charge on any atom is 0.416 e. The molecule has 0 fully saturated rings. The van der Waals surface area contributed by atoms with E-state index in [9.17, 15) is 27.5 Å². The predicted molar refractivity (Wildman–Crippen MR) is 50.0 cm³/mol. The van der Waals surface area contributed by atoms with Crippen LogP contribution in [0.1, 0.15) is 17.2 Å². The van der Waals surface area contributed by atoms with Crippen molar-refractivity contribution in [3.05, 3.63) is 35.1 Å². The van der Waals surface area contributed by atoms with Crippen molar-refractivity contribution in [2.45, 2.75) is 18.4 Å². The average Bonchev–Trinajstić information content (AvgIpc) is 2.25. The summed E-state index contributed by atoms with van der Waals surface area (Å²) in [6, 6.07) is 1.32. The van der Waals surface area contributed by atoms with Crippen LogP contribution in [0.3, 0.4) is 0 Å². The molecular weight excluding hydrogens is 260 g/mol. The zero-order chi connectivity index (χ0) is 14.1. The Kier molecular flexibility index (Phi) is 3.92. The molecule has 0 bridgehead atoms. The largest absolute Gasteiger partial charge is 0.479 e. The Balaban J connectivity index is 3.28. The predicted octanol–water partition coefficient (Wildman–Crippen LogP) is 1.32. The van der Waals surface area contributed by atoms with E-state index >= 15 is 0 Å². The van der Waals surface area contributed by atoms with E-state index in [1.54, 1.807) is 0 Å². The van der Waals surface area contributed by atoms with E-state index in [1.807, 2.05) is 0 Å². The summed E-state index contributed by atoms with van der Waals surface area (Å²) >= 11 is 0. The molecule has 0 aliphatic carbocycles. The van der Waals surface area contributed by atoms with Gasteiger partial charge in [0, 0.05) is 0 Å². The molecule has 8 heteroatoms. The van der Waals surface area contributed by atoms with Gasteiger partial charge in [-0.25, -0.2) is 9.18 Å². The van der Waals surface area contributed by atoms with Crippen LogP contribution in [-0.4, -0.2) is 27.4 Å². The number of aliphatic carboxylic acids is 1. The van der Waals surface area contributed by atoms with Crippen molar-refractivity contribution in [2.24, 2.45) is 0 Å². The highest BCUT2D eigenvalue weighted by molar-refractivity contribution is 5.73. The first kappa shape index (κ1) is 14.4. The second-order valence-electron chi connectivity index (χ2n) is 3.46. The summed E-state index contributed by atoms with van der Waals surface area (Å²) in [6.45, 7) is 0. The molecule has 1 rings (SSSR count). The topological polar surface area (TPSA) is 77.8 Å². The summed E-state index contributed by atoms with van der Waals surface area (Å²) in [5, 5.41) is 26.7. The van der Waals surface area contributed by atoms with Crippen molar-refractivity contribution < 1.29 is 37.7 Å². The van der Waals surface area contributed by atoms with E-state index in [4.69, 9.17) is 10.2 Å². The van der Waals surface area contributed by atoms with E-state index < -0.39 is 41.3 Å². The molecule has 0 aliphatic rings. The Labute approximate surface area is 98.1 Å². The highest BCUT2D eigenvalue weighted by atomic mass is 19.4. The number of rotatable bonds is 3. The smallest absolute Gasteiger partial charge is 0.416 e. The third-order valence-electron chi connectivity index (χ3n) is 2.19. The first-order valence-electron chi connectivity index (χ1n) is 4.60. The fraction of sp³-hybridized carbons (Fsp3) is 0.300. The van der Waals surface area contributed by atoms with Gasteiger partial charge in [0.15, 0.2) is 6.10 Å². The molecule has 100 valence electrons. The Morgan fingerprint density at radius 2 is 1.78 bits per heavy atom. The lowest BCUT2D eigenvalue weighted by Crippen LogP contribution is -2.29. The molecule has 0 amide bonds. The van der Waals surface area contributed by atoms with Crippen molar-refractivity contribution in [3.63, 3.8) is 0 Å². The third kappa shape index (κ3) is 2.96. The van der Waals surface area contributed by atoms with Crippen LogP contribution in [0, 0.1) is 5.82 Å². The maximum absolute atomic E-state index is 12.7. The first-order chi connectivity index (χ1) is 8.14. The van der Waals surface area contributed by atoms with Crippen molar-refractivity contribution in [3.8, 4) is 0 Å². The molecule has 4 nitrogen and oxygen atoms in total. The summed E-state index contributed by atoms with van der Waals surface area (Å²) < 4.78 is 50.4. The van der Waals surface area contributed by atoms with E-state index in [-0.39, 0.29) is 6.07 Å². The number of hydrogen-bond acceptors (Lipinski definition) is 3. The number of hydrogen-bond donors (Lipinski definition) is 3. The summed E-state index contributed by atoms with van der Waals surface area (Å²) in [5.74, 6) is -3.08. The highest BCUT2D eigenvalue weighted by Crippen LogP contribution is 2.36. The molecule has 0 saturated carbocycles. The van der Waals surface area contributed by atoms with Gasteiger partial charge >= 0.3 is 12.1 Å². The van der Waals surface area contributed by atoms with Crippen LogP contribution in [0.2, 0.25) is 0 Å². The SMILES string of the molecule is O=C(O)C(O)C(O)c1ccc(F)cc1C(F)(F)F. The first-order valence-corrected chi connectivity index (χ1v) is 4.60. The van der Waals surface area contributed by atoms with Crippen LogP contribution < -0.4 is 0 Å². The monoisotopic (exact) mass is 268 g/mol. The van der Waals surface area contributed by atoms with Crippen molar-refractivity contribution in [1.29, 1.82) is 0 Å². The van der Waals surface area contributed by atoms with Crippen LogP contribution in [-0.2, 0) is 11.0 Å². The molecule has 1 aromatic rings. The summed E-state index contributed by atoms with van der Waals surface area (Å²) in [4.78, 5) is 10.4. The Morgan fingerprint density at radius 3 is 2.22 bits per heavy atom. The van der Waals surface area contributed by atoms with Gasteiger partial charge in [-0.15, -0.1) is 0 Å². The molecule has 3 N–H and O–H groups in total. The zero-order valence-electron chi connectivity index (χ0n) is 8.65. The second-order valence-corrected chi connectivity index (χ2v) is 3.46. The summed E-state index contributed by atoms with van der Waals surface area (Å²) in [7, 11) is 0. The number of carboxylic acids is 1. The standard InChI is InChI=1S/C10H8F4O4/c11-4-1-2-5(6(3-4)10(12,13)14)7(15)8(16)9(17)18/h1-3,7-8,15-16H,(H,17,18). The van der Waals surface area contributed by atoms with E-state index in [0.29, 0.717) is 12.1 Å². The lowest BCUT2D eigenvalue weighted by Gasteiger charge is -2.19. The minimum absolute atomic E-state index is 0.118. The number of alkyl halides is 3. The molecule has 18 heavy (non-hydrogen) atoms. The van der Waals surface area contributed by atoms with Gasteiger partial charge in [-0.2, -0.15) is 13.2 Å². The highest BCUT2D eigenvalue weighted by Gasteiger charge is 2.38. The molecule has 0 spiro atoms. The maximum atomic E-state index is 12.7. The average molecular weight is 268 g/mol. The van der Waals surface area contributed by atoms with Crippen LogP contribution >= 0.6 is 0 Å². The normalized spacial score (nSPS) is 15.2. The number of aliphatic hydroxyl groups excluding tert-OH is 2. The van der Waals surface area contributed by atoms with Crippen molar-refractivity contribution >= 4 is 5.97 Å². The summed E-state index contributed by atoms with van der Waals surface area (Å²) in [5.41, 5.74) is -2.44. The Morgan fingerprint density at radius 1 is 1.22 bits per heavy atom. The van der Waals surface area contributed by atoms with Gasteiger partial charge in [0.1, 0.15) is 11.9 Å². The number of benzene rings is 1. The fourth-order valence-electron chi connectivity index (χ4n) is 1.34. The van der Waals surface area contributed by atoms with Crippen molar-refractivity contribution in [1.82, 2.24) is 0 Å². The number of carbonyl (C=O) groups is 1. The van der Waals surface area contributed by atoms with Gasteiger partial charge in [0.2, 0.25) is 0 Å². The van der Waals surface area contributed by atoms with Gasteiger partial charge in [-0.3, -0.25) is 0 Å². The van der Waals surface area contributed by atoms with Crippen LogP contribution in [0.4, 0.5) is 17.6 Å². The van der Waals surface area contributed by atoms with Crippen LogP contribution in [0.25, 0.3) is 0 Å². The minimum atomic E-state index is -4.98. The van der Waals surface area contributed by atoms with Gasteiger partial charge in [0.05, 0.1) is 5.56 Å².